The van der Waals surface area contributed by atoms with Crippen molar-refractivity contribution < 1.29 is 9.53 Å². The van der Waals surface area contributed by atoms with Gasteiger partial charge in [0, 0.05) is 37.7 Å². The average Bonchev–Trinajstić information content (AvgIpc) is 2.93. The lowest BCUT2D eigenvalue weighted by Gasteiger charge is -2.28. The zero-order valence-corrected chi connectivity index (χ0v) is 25.6. The summed E-state index contributed by atoms with van der Waals surface area (Å²) in [5.41, 5.74) is 6.36. The third kappa shape index (κ3) is 12.1. The van der Waals surface area contributed by atoms with Crippen molar-refractivity contribution in [1.29, 1.82) is 0 Å². The molecule has 0 spiro atoms. The molecule has 2 rings (SSSR count). The molecule has 1 N–H and O–H groups in total. The largest absolute Gasteiger partial charge is 0.377 e. The molecule has 0 aliphatic carbocycles. The van der Waals surface area contributed by atoms with Crippen molar-refractivity contribution in [2.45, 2.75) is 73.5 Å². The summed E-state index contributed by atoms with van der Waals surface area (Å²) >= 11 is 0. The van der Waals surface area contributed by atoms with Gasteiger partial charge in [0.05, 0.1) is 18.3 Å². The number of rotatable bonds is 15. The van der Waals surface area contributed by atoms with Gasteiger partial charge in [-0.1, -0.05) is 88.9 Å². The molecule has 0 aliphatic rings. The van der Waals surface area contributed by atoms with Crippen molar-refractivity contribution in [1.82, 2.24) is 10.2 Å². The monoisotopic (exact) mass is 533 g/mol. The van der Waals surface area contributed by atoms with Crippen molar-refractivity contribution >= 4 is 12.0 Å². The molecular weight excluding hydrogens is 482 g/mol. The van der Waals surface area contributed by atoms with Crippen LogP contribution in [0.15, 0.2) is 83.1 Å². The van der Waals surface area contributed by atoms with Crippen LogP contribution >= 0.6 is 0 Å². The molecule has 2 unspecified atom stereocenters. The number of nitrogens with one attached hydrogen (secondary N) is 1. The van der Waals surface area contributed by atoms with Gasteiger partial charge < -0.3 is 15.0 Å². The summed E-state index contributed by atoms with van der Waals surface area (Å²) < 4.78 is 6.13. The van der Waals surface area contributed by atoms with Gasteiger partial charge in [-0.05, 0) is 62.8 Å². The fraction of sp³-hybridized carbons (Fsp3) is 0.471. The van der Waals surface area contributed by atoms with Gasteiger partial charge in [-0.3, -0.25) is 9.79 Å². The number of hydrogen-bond donors (Lipinski definition) is 1. The van der Waals surface area contributed by atoms with E-state index in [1.807, 2.05) is 27.1 Å². The van der Waals surface area contributed by atoms with Gasteiger partial charge in [0.15, 0.2) is 5.78 Å². The highest BCUT2D eigenvalue weighted by atomic mass is 16.5. The Morgan fingerprint density at radius 1 is 1.05 bits per heavy atom. The van der Waals surface area contributed by atoms with Gasteiger partial charge in [0.25, 0.3) is 0 Å². The van der Waals surface area contributed by atoms with Crippen LogP contribution in [0.2, 0.25) is 0 Å². The van der Waals surface area contributed by atoms with E-state index in [0.717, 1.165) is 38.0 Å². The Hall–Kier alpha value is -3.02. The van der Waals surface area contributed by atoms with E-state index in [-0.39, 0.29) is 11.9 Å². The van der Waals surface area contributed by atoms with Crippen LogP contribution in [0.1, 0.15) is 77.2 Å². The zero-order chi connectivity index (χ0) is 29.2. The molecule has 39 heavy (non-hydrogen) atoms. The van der Waals surface area contributed by atoms with Crippen LogP contribution in [0.25, 0.3) is 0 Å². The summed E-state index contributed by atoms with van der Waals surface area (Å²) in [6, 6.07) is 18.9. The van der Waals surface area contributed by atoms with Crippen molar-refractivity contribution in [3.05, 3.63) is 94.8 Å². The third-order valence-electron chi connectivity index (χ3n) is 6.62. The molecule has 2 atom stereocenters. The van der Waals surface area contributed by atoms with E-state index < -0.39 is 0 Å². The number of aryl methyl sites for hydroxylation is 1. The summed E-state index contributed by atoms with van der Waals surface area (Å²) in [5.74, 6) is 0.398. The van der Waals surface area contributed by atoms with Crippen molar-refractivity contribution in [3.8, 4) is 0 Å². The van der Waals surface area contributed by atoms with Gasteiger partial charge in [-0.15, -0.1) is 0 Å². The highest BCUT2D eigenvalue weighted by molar-refractivity contribution is 6.13. The molecule has 0 heterocycles. The quantitative estimate of drug-likeness (QED) is 0.190. The van der Waals surface area contributed by atoms with Crippen LogP contribution in [0.3, 0.4) is 0 Å². The summed E-state index contributed by atoms with van der Waals surface area (Å²) in [4.78, 5) is 18.3. The molecule has 214 valence electrons. The maximum absolute atomic E-state index is 11.9. The van der Waals surface area contributed by atoms with Crippen LogP contribution in [-0.4, -0.2) is 44.1 Å². The number of Topliss-reactive ketones (excluding diaryl/α,β-unsaturated/α-hetero) is 1. The summed E-state index contributed by atoms with van der Waals surface area (Å²) in [7, 11) is 4.00. The first kappa shape index (κ1) is 34.0. The molecule has 0 aliphatic heterocycles. The molecule has 0 bridgehead atoms. The minimum absolute atomic E-state index is 0.0586. The minimum atomic E-state index is 0.0586. The van der Waals surface area contributed by atoms with Crippen LogP contribution < -0.4 is 5.32 Å². The molecule has 0 aromatic heterocycles. The number of carbonyl (C=O) groups is 1. The second kappa shape index (κ2) is 19.1. The molecule has 5 heteroatoms. The Bertz CT molecular complexity index is 1060. The first-order valence-electron chi connectivity index (χ1n) is 14.2. The number of ether oxygens (including phenoxy) is 1. The SMILES string of the molecule is C=C(C)N=C/C(C(C)=O)=C(\C(C)CC)N(C)CCC.CCc1ccccc1COC(CNC)c1ccccc1. The van der Waals surface area contributed by atoms with Crippen LogP contribution in [0.4, 0.5) is 0 Å². The number of likely N-dealkylation sites (N-methyl/N-ethyl adjacent to an activating group) is 1. The fourth-order valence-electron chi connectivity index (χ4n) is 4.37. The second-order valence-electron chi connectivity index (χ2n) is 9.97. The molecule has 5 nitrogen and oxygen atoms in total. The molecule has 0 amide bonds. The van der Waals surface area contributed by atoms with E-state index in [1.165, 1.54) is 16.7 Å². The van der Waals surface area contributed by atoms with E-state index in [2.05, 4.69) is 98.0 Å². The number of nitrogens with zero attached hydrogens (tertiary/aromatic N) is 2. The Balaban J connectivity index is 0.000000391. The molecule has 2 aromatic carbocycles. The molecule has 0 saturated heterocycles. The maximum Gasteiger partial charge on any atom is 0.163 e. The Labute approximate surface area is 238 Å². The summed E-state index contributed by atoms with van der Waals surface area (Å²) in [6.07, 6.45) is 4.85. The van der Waals surface area contributed by atoms with Crippen molar-refractivity contribution in [2.75, 3.05) is 27.2 Å². The predicted octanol–water partition coefficient (Wildman–Crippen LogP) is 7.55. The van der Waals surface area contributed by atoms with Crippen LogP contribution in [0.5, 0.6) is 0 Å². The Morgan fingerprint density at radius 3 is 2.18 bits per heavy atom. The molecule has 0 fully saturated rings. The normalized spacial score (nSPS) is 13.2. The van der Waals surface area contributed by atoms with Crippen molar-refractivity contribution in [3.63, 3.8) is 0 Å². The van der Waals surface area contributed by atoms with E-state index in [4.69, 9.17) is 4.74 Å². The first-order valence-corrected chi connectivity index (χ1v) is 14.2. The van der Waals surface area contributed by atoms with E-state index in [1.54, 1.807) is 13.1 Å². The fourth-order valence-corrected chi connectivity index (χ4v) is 4.37. The standard InChI is InChI=1S/C18H23NO.C16H28N2O/c1-3-15-9-7-8-12-17(15)14-20-18(13-19-2)16-10-5-4-6-11-16;1-8-10-18(7)16(13(5)9-2)15(14(6)19)11-17-12(3)4/h4-12,18-19H,3,13-14H2,1-2H3;11,13H,3,8-10H2,1-2,4-7H3/b;16-15-,17-11?. The van der Waals surface area contributed by atoms with E-state index in [0.29, 0.717) is 23.8 Å². The second-order valence-corrected chi connectivity index (χ2v) is 9.97. The van der Waals surface area contributed by atoms with Gasteiger partial charge in [-0.25, -0.2) is 0 Å². The van der Waals surface area contributed by atoms with Crippen molar-refractivity contribution in [2.24, 2.45) is 10.9 Å². The number of ketones is 1. The topological polar surface area (TPSA) is 53.9 Å². The lowest BCUT2D eigenvalue weighted by Crippen LogP contribution is -2.26. The molecular formula is C34H51N3O2. The van der Waals surface area contributed by atoms with Crippen LogP contribution in [-0.2, 0) is 22.6 Å². The first-order chi connectivity index (χ1) is 18.7. The number of hydrogen-bond acceptors (Lipinski definition) is 5. The highest BCUT2D eigenvalue weighted by Gasteiger charge is 2.18. The average molecular weight is 534 g/mol. The number of carbonyl (C=O) groups excluding carboxylic acids is 1. The number of benzene rings is 2. The maximum atomic E-state index is 11.9. The van der Waals surface area contributed by atoms with Gasteiger partial charge in [0.1, 0.15) is 0 Å². The number of aliphatic imine (C=N–C) groups is 1. The highest BCUT2D eigenvalue weighted by Crippen LogP contribution is 2.22. The van der Waals surface area contributed by atoms with E-state index >= 15 is 0 Å². The van der Waals surface area contributed by atoms with Gasteiger partial charge in [-0.2, -0.15) is 0 Å². The zero-order valence-electron chi connectivity index (χ0n) is 25.6. The smallest absolute Gasteiger partial charge is 0.163 e. The van der Waals surface area contributed by atoms with Gasteiger partial charge in [0.2, 0.25) is 0 Å². The van der Waals surface area contributed by atoms with Gasteiger partial charge >= 0.3 is 0 Å². The lowest BCUT2D eigenvalue weighted by molar-refractivity contribution is -0.113. The summed E-state index contributed by atoms with van der Waals surface area (Å²) in [6.45, 7) is 18.2. The number of allylic oxidation sites excluding steroid dienone is 3. The summed E-state index contributed by atoms with van der Waals surface area (Å²) in [5, 5.41) is 3.21. The molecule has 2 aromatic rings. The predicted molar refractivity (Wildman–Crippen MR) is 167 cm³/mol. The van der Waals surface area contributed by atoms with Crippen LogP contribution in [0, 0.1) is 5.92 Å². The lowest BCUT2D eigenvalue weighted by atomic mass is 9.97. The third-order valence-corrected chi connectivity index (χ3v) is 6.62. The van der Waals surface area contributed by atoms with E-state index in [9.17, 15) is 4.79 Å². The Morgan fingerprint density at radius 2 is 1.67 bits per heavy atom. The molecule has 0 saturated carbocycles. The Kier molecular flexibility index (Phi) is 16.7. The minimum Gasteiger partial charge on any atom is -0.377 e. The molecule has 0 radical (unpaired) electrons.